The van der Waals surface area contributed by atoms with Crippen LogP contribution in [0.1, 0.15) is 23.2 Å². The molecule has 1 aromatic heterocycles. The van der Waals surface area contributed by atoms with Gasteiger partial charge in [-0.3, -0.25) is 9.59 Å². The van der Waals surface area contributed by atoms with E-state index in [0.29, 0.717) is 36.5 Å². The number of H-pyrrole nitrogens is 1. The van der Waals surface area contributed by atoms with E-state index >= 15 is 0 Å². The molecular formula is C26H23ClN4O2. The normalized spacial score (nSPS) is 14.4. The zero-order valence-electron chi connectivity index (χ0n) is 17.9. The largest absolute Gasteiger partial charge is 0.339 e. The van der Waals surface area contributed by atoms with E-state index in [1.165, 1.54) is 0 Å². The fourth-order valence-corrected chi connectivity index (χ4v) is 4.29. The van der Waals surface area contributed by atoms with Crippen LogP contribution in [0, 0.1) is 5.92 Å². The molecule has 166 valence electrons. The smallest absolute Gasteiger partial charge is 0.253 e. The molecule has 0 aliphatic carbocycles. The molecule has 0 unspecified atom stereocenters. The molecule has 5 rings (SSSR count). The van der Waals surface area contributed by atoms with Gasteiger partial charge in [-0.25, -0.2) is 4.98 Å². The fourth-order valence-electron chi connectivity index (χ4n) is 4.17. The predicted octanol–water partition coefficient (Wildman–Crippen LogP) is 5.37. The van der Waals surface area contributed by atoms with E-state index in [1.807, 2.05) is 48.5 Å². The number of carbonyl (C=O) groups excluding carboxylic acids is 2. The highest BCUT2D eigenvalue weighted by atomic mass is 35.5. The molecule has 2 N–H and O–H groups in total. The molecule has 4 aromatic rings. The predicted molar refractivity (Wildman–Crippen MR) is 130 cm³/mol. The molecule has 7 heteroatoms. The standard InChI is InChI=1S/C26H23ClN4O2/c27-20-9-5-19(6-10-20)26(33)31-15-13-18(14-16-31)25(32)28-21-11-7-17(8-12-21)24-29-22-3-1-2-4-23(22)30-24/h1-12,18H,13-16H2,(H,28,32)(H,29,30). The molecule has 33 heavy (non-hydrogen) atoms. The molecule has 0 radical (unpaired) electrons. The van der Waals surface area contributed by atoms with Crippen molar-refractivity contribution in [3.63, 3.8) is 0 Å². The minimum absolute atomic E-state index is 0.00919. The van der Waals surface area contributed by atoms with Crippen molar-refractivity contribution in [2.45, 2.75) is 12.8 Å². The number of nitrogens with zero attached hydrogens (tertiary/aromatic N) is 2. The summed E-state index contributed by atoms with van der Waals surface area (Å²) < 4.78 is 0. The number of hydrogen-bond donors (Lipinski definition) is 2. The van der Waals surface area contributed by atoms with Crippen LogP contribution in [0.25, 0.3) is 22.4 Å². The maximum absolute atomic E-state index is 12.8. The van der Waals surface area contributed by atoms with Gasteiger partial charge in [0.2, 0.25) is 5.91 Å². The van der Waals surface area contributed by atoms with Gasteiger partial charge in [-0.15, -0.1) is 0 Å². The van der Waals surface area contributed by atoms with Gasteiger partial charge in [0.15, 0.2) is 0 Å². The van der Waals surface area contributed by atoms with Gasteiger partial charge in [0.05, 0.1) is 11.0 Å². The summed E-state index contributed by atoms with van der Waals surface area (Å²) in [5, 5.41) is 3.62. The van der Waals surface area contributed by atoms with Crippen LogP contribution >= 0.6 is 11.6 Å². The highest BCUT2D eigenvalue weighted by molar-refractivity contribution is 6.30. The number of hydrogen-bond acceptors (Lipinski definition) is 3. The Morgan fingerprint density at radius 1 is 0.939 bits per heavy atom. The second kappa shape index (κ2) is 9.08. The molecule has 0 spiro atoms. The SMILES string of the molecule is O=C(Nc1ccc(-c2nc3ccccc3[nH]2)cc1)C1CCN(C(=O)c2ccc(Cl)cc2)CC1. The highest BCUT2D eigenvalue weighted by Crippen LogP contribution is 2.24. The van der Waals surface area contributed by atoms with E-state index in [2.05, 4.69) is 15.3 Å². The van der Waals surface area contributed by atoms with Crippen molar-refractivity contribution in [1.82, 2.24) is 14.9 Å². The number of amides is 2. The lowest BCUT2D eigenvalue weighted by Crippen LogP contribution is -2.41. The van der Waals surface area contributed by atoms with Crippen LogP contribution in [-0.2, 0) is 4.79 Å². The van der Waals surface area contributed by atoms with Crippen LogP contribution < -0.4 is 5.32 Å². The van der Waals surface area contributed by atoms with Gasteiger partial charge in [-0.1, -0.05) is 23.7 Å². The number of likely N-dealkylation sites (tertiary alicyclic amines) is 1. The monoisotopic (exact) mass is 458 g/mol. The molecule has 1 aliphatic heterocycles. The number of benzene rings is 3. The van der Waals surface area contributed by atoms with Gasteiger partial charge in [0, 0.05) is 40.8 Å². The zero-order chi connectivity index (χ0) is 22.8. The number of imidazole rings is 1. The van der Waals surface area contributed by atoms with Crippen molar-refractivity contribution < 1.29 is 9.59 Å². The lowest BCUT2D eigenvalue weighted by atomic mass is 9.95. The van der Waals surface area contributed by atoms with Crippen molar-refractivity contribution in [3.8, 4) is 11.4 Å². The number of para-hydroxylation sites is 2. The van der Waals surface area contributed by atoms with Crippen LogP contribution in [0.2, 0.25) is 5.02 Å². The van der Waals surface area contributed by atoms with Gasteiger partial charge < -0.3 is 15.2 Å². The van der Waals surface area contributed by atoms with Crippen LogP contribution in [0.3, 0.4) is 0 Å². The maximum Gasteiger partial charge on any atom is 0.253 e. The van der Waals surface area contributed by atoms with E-state index in [-0.39, 0.29) is 17.7 Å². The first-order valence-corrected chi connectivity index (χ1v) is 11.4. The molecule has 2 amide bonds. The fraction of sp³-hybridized carbons (Fsp3) is 0.192. The number of carbonyl (C=O) groups is 2. The Bertz CT molecular complexity index is 1260. The quantitative estimate of drug-likeness (QED) is 0.431. The van der Waals surface area contributed by atoms with E-state index in [4.69, 9.17) is 11.6 Å². The number of halogens is 1. The van der Waals surface area contributed by atoms with E-state index in [0.717, 1.165) is 28.1 Å². The average Bonchev–Trinajstić information content (AvgIpc) is 3.29. The summed E-state index contributed by atoms with van der Waals surface area (Å²) in [4.78, 5) is 35.2. The van der Waals surface area contributed by atoms with E-state index in [1.54, 1.807) is 29.2 Å². The second-order valence-corrected chi connectivity index (χ2v) is 8.68. The average molecular weight is 459 g/mol. The molecule has 3 aromatic carbocycles. The minimum Gasteiger partial charge on any atom is -0.339 e. The van der Waals surface area contributed by atoms with Gasteiger partial charge in [-0.05, 0) is 73.5 Å². The molecule has 1 aliphatic rings. The van der Waals surface area contributed by atoms with Crippen molar-refractivity contribution in [3.05, 3.63) is 83.4 Å². The third-order valence-corrected chi connectivity index (χ3v) is 6.31. The first-order chi connectivity index (χ1) is 16.1. The molecule has 1 saturated heterocycles. The number of fused-ring (bicyclic) bond motifs is 1. The Balaban J connectivity index is 1.17. The van der Waals surface area contributed by atoms with Gasteiger partial charge in [-0.2, -0.15) is 0 Å². The number of anilines is 1. The van der Waals surface area contributed by atoms with Gasteiger partial charge >= 0.3 is 0 Å². The third kappa shape index (κ3) is 4.61. The zero-order valence-corrected chi connectivity index (χ0v) is 18.7. The van der Waals surface area contributed by atoms with Crippen LogP contribution in [0.5, 0.6) is 0 Å². The molecule has 2 heterocycles. The minimum atomic E-state index is -0.116. The van der Waals surface area contributed by atoms with Gasteiger partial charge in [0.1, 0.15) is 5.82 Å². The molecular weight excluding hydrogens is 436 g/mol. The summed E-state index contributed by atoms with van der Waals surface area (Å²) in [6.45, 7) is 1.12. The van der Waals surface area contributed by atoms with E-state index < -0.39 is 0 Å². The second-order valence-electron chi connectivity index (χ2n) is 8.24. The van der Waals surface area contributed by atoms with Crippen molar-refractivity contribution in [2.75, 3.05) is 18.4 Å². The Kier molecular flexibility index (Phi) is 5.84. The summed E-state index contributed by atoms with van der Waals surface area (Å²) in [7, 11) is 0. The molecule has 1 fully saturated rings. The lowest BCUT2D eigenvalue weighted by Gasteiger charge is -2.31. The first-order valence-electron chi connectivity index (χ1n) is 11.0. The van der Waals surface area contributed by atoms with Crippen LogP contribution in [-0.4, -0.2) is 39.8 Å². The Morgan fingerprint density at radius 3 is 2.33 bits per heavy atom. The number of piperidine rings is 1. The molecule has 0 atom stereocenters. The Labute approximate surface area is 196 Å². The summed E-state index contributed by atoms with van der Waals surface area (Å²) in [5.74, 6) is 0.651. The van der Waals surface area contributed by atoms with Crippen molar-refractivity contribution >= 4 is 40.1 Å². The highest BCUT2D eigenvalue weighted by Gasteiger charge is 2.28. The first kappa shape index (κ1) is 21.2. The maximum atomic E-state index is 12.8. The van der Waals surface area contributed by atoms with Crippen molar-refractivity contribution in [1.29, 1.82) is 0 Å². The van der Waals surface area contributed by atoms with Gasteiger partial charge in [0.25, 0.3) is 5.91 Å². The summed E-state index contributed by atoms with van der Waals surface area (Å²) in [6, 6.07) is 22.5. The van der Waals surface area contributed by atoms with Crippen LogP contribution in [0.15, 0.2) is 72.8 Å². The Morgan fingerprint density at radius 2 is 1.64 bits per heavy atom. The summed E-state index contributed by atoms with van der Waals surface area (Å²) >= 11 is 5.91. The number of nitrogens with one attached hydrogen (secondary N) is 2. The molecule has 6 nitrogen and oxygen atoms in total. The summed E-state index contributed by atoms with van der Waals surface area (Å²) in [5.41, 5.74) is 4.24. The number of aromatic nitrogens is 2. The molecule has 0 bridgehead atoms. The third-order valence-electron chi connectivity index (χ3n) is 6.06. The van der Waals surface area contributed by atoms with Crippen molar-refractivity contribution in [2.24, 2.45) is 5.92 Å². The van der Waals surface area contributed by atoms with E-state index in [9.17, 15) is 9.59 Å². The lowest BCUT2D eigenvalue weighted by molar-refractivity contribution is -0.121. The molecule has 0 saturated carbocycles. The number of rotatable bonds is 4. The Hall–Kier alpha value is -3.64. The number of aromatic amines is 1. The van der Waals surface area contributed by atoms with Crippen LogP contribution in [0.4, 0.5) is 5.69 Å². The summed E-state index contributed by atoms with van der Waals surface area (Å²) in [6.07, 6.45) is 1.28. The topological polar surface area (TPSA) is 78.1 Å².